The standard InChI is InChI=1S/C60H55ClN5O15P/c1-38-35-66(59(71)64-55(38)67)54-33-48(79-57(69)40-15-9-5-10-16-40)51(78-54)37-76-82(72,80-47-29-23-44(61)24-30-47)81-49-34-53(65-32-31-52(63-58(65)70)62-56(68)39-13-7-4-8-14-39)77-50(49)36-75-60(41-17-11-6-12-18-41,42-19-25-45(73-2)26-20-42)43-21-27-46(74-3)28-22-43/h4-32,35,48-51,53-54H,33-34,36-37H2,1-3H3,(H,64,67,71)(H,62,63,68,70)/t48-,49-,50+,51+,53+,54+,82?/m0/s1. The van der Waals surface area contributed by atoms with Crippen molar-refractivity contribution >= 4 is 37.1 Å². The van der Waals surface area contributed by atoms with Gasteiger partial charge >= 0.3 is 25.2 Å². The van der Waals surface area contributed by atoms with Gasteiger partial charge in [0.15, 0.2) is 0 Å². The minimum atomic E-state index is -4.96. The van der Waals surface area contributed by atoms with Gasteiger partial charge in [-0.15, -0.1) is 0 Å². The van der Waals surface area contributed by atoms with Crippen LogP contribution in [-0.4, -0.2) is 82.8 Å². The zero-order chi connectivity index (χ0) is 57.4. The van der Waals surface area contributed by atoms with Crippen LogP contribution in [0.3, 0.4) is 0 Å². The van der Waals surface area contributed by atoms with Gasteiger partial charge in [0.05, 0.1) is 33.0 Å². The molecule has 82 heavy (non-hydrogen) atoms. The summed E-state index contributed by atoms with van der Waals surface area (Å²) in [4.78, 5) is 72.8. The largest absolute Gasteiger partial charge is 0.530 e. The maximum Gasteiger partial charge on any atom is 0.530 e. The highest BCUT2D eigenvalue weighted by Gasteiger charge is 2.48. The third kappa shape index (κ3) is 12.8. The zero-order valence-electron chi connectivity index (χ0n) is 44.4. The molecule has 2 N–H and O–H groups in total. The second kappa shape index (κ2) is 25.1. The molecule has 2 aromatic heterocycles. The molecule has 0 saturated carbocycles. The number of methoxy groups -OCH3 is 2. The Morgan fingerprint density at radius 2 is 1.22 bits per heavy atom. The van der Waals surface area contributed by atoms with Crippen molar-refractivity contribution in [3.63, 3.8) is 0 Å². The first-order valence-corrected chi connectivity index (χ1v) is 27.8. The van der Waals surface area contributed by atoms with E-state index in [0.717, 1.165) is 4.57 Å². The highest BCUT2D eigenvalue weighted by Crippen LogP contribution is 2.54. The van der Waals surface area contributed by atoms with E-state index < -0.39 is 85.7 Å². The van der Waals surface area contributed by atoms with Crippen LogP contribution in [0.25, 0.3) is 0 Å². The van der Waals surface area contributed by atoms with Gasteiger partial charge in [-0.3, -0.25) is 32.8 Å². The van der Waals surface area contributed by atoms with Crippen molar-refractivity contribution < 1.29 is 56.1 Å². The van der Waals surface area contributed by atoms with Crippen molar-refractivity contribution in [3.8, 4) is 17.2 Å². The zero-order valence-corrected chi connectivity index (χ0v) is 46.1. The number of phosphoric acid groups is 1. The number of ether oxygens (including phenoxy) is 6. The number of nitrogens with zero attached hydrogens (tertiary/aromatic N) is 3. The molecule has 0 spiro atoms. The lowest BCUT2D eigenvalue weighted by Gasteiger charge is -2.37. The summed E-state index contributed by atoms with van der Waals surface area (Å²) in [6, 6.07) is 48.2. The predicted octanol–water partition coefficient (Wildman–Crippen LogP) is 9.42. The Bertz CT molecular complexity index is 3690. The second-order valence-corrected chi connectivity index (χ2v) is 21.1. The molecule has 4 heterocycles. The molecule has 8 aromatic rings. The van der Waals surface area contributed by atoms with Crippen molar-refractivity contribution in [2.45, 2.75) is 62.2 Å². The van der Waals surface area contributed by atoms with Crippen molar-refractivity contribution in [1.29, 1.82) is 0 Å². The molecule has 1 unspecified atom stereocenters. The van der Waals surface area contributed by atoms with Gasteiger partial charge in [-0.2, -0.15) is 4.98 Å². The molecule has 0 bridgehead atoms. The summed E-state index contributed by atoms with van der Waals surface area (Å²) < 4.78 is 74.6. The third-order valence-electron chi connectivity index (χ3n) is 13.8. The fourth-order valence-corrected chi connectivity index (χ4v) is 11.2. The molecule has 2 aliphatic heterocycles. The average molecular weight is 1150 g/mol. The number of aromatic nitrogens is 4. The van der Waals surface area contributed by atoms with E-state index in [0.29, 0.717) is 38.8 Å². The summed E-state index contributed by atoms with van der Waals surface area (Å²) in [7, 11) is -1.83. The lowest BCUT2D eigenvalue weighted by atomic mass is 9.80. The Balaban J connectivity index is 1.02. The van der Waals surface area contributed by atoms with Crippen LogP contribution < -0.4 is 36.3 Å². The molecule has 422 valence electrons. The van der Waals surface area contributed by atoms with E-state index in [1.165, 1.54) is 54.2 Å². The number of H-pyrrole nitrogens is 1. The lowest BCUT2D eigenvalue weighted by molar-refractivity contribution is -0.0950. The van der Waals surface area contributed by atoms with Crippen LogP contribution in [-0.2, 0) is 38.2 Å². The van der Waals surface area contributed by atoms with Crippen LogP contribution in [0.5, 0.6) is 17.2 Å². The number of aryl methyl sites for hydroxylation is 1. The number of halogens is 1. The quantitative estimate of drug-likeness (QED) is 0.0387. The van der Waals surface area contributed by atoms with E-state index in [9.17, 15) is 24.0 Å². The van der Waals surface area contributed by atoms with Crippen molar-refractivity contribution in [3.05, 3.63) is 252 Å². The first kappa shape index (κ1) is 56.8. The molecule has 2 aliphatic rings. The highest BCUT2D eigenvalue weighted by molar-refractivity contribution is 7.49. The van der Waals surface area contributed by atoms with Crippen molar-refractivity contribution in [2.75, 3.05) is 32.8 Å². The normalized spacial score (nSPS) is 19.4. The van der Waals surface area contributed by atoms with E-state index in [1.807, 2.05) is 78.9 Å². The smallest absolute Gasteiger partial charge is 0.497 e. The van der Waals surface area contributed by atoms with Crippen molar-refractivity contribution in [2.24, 2.45) is 0 Å². The number of phosphoric ester groups is 1. The van der Waals surface area contributed by atoms with Crippen LogP contribution in [0.15, 0.2) is 197 Å². The number of aromatic amines is 1. The fraction of sp³-hybridized carbons (Fsp3) is 0.233. The molecule has 0 aliphatic carbocycles. The summed E-state index contributed by atoms with van der Waals surface area (Å²) in [6.45, 7) is 0.596. The maximum atomic E-state index is 15.7. The number of hydrogen-bond acceptors (Lipinski definition) is 16. The molecular weight excluding hydrogens is 1100 g/mol. The number of anilines is 1. The maximum absolute atomic E-state index is 15.7. The molecule has 0 radical (unpaired) electrons. The minimum Gasteiger partial charge on any atom is -0.497 e. The Morgan fingerprint density at radius 1 is 0.683 bits per heavy atom. The van der Waals surface area contributed by atoms with Gasteiger partial charge in [0.1, 0.15) is 65.5 Å². The summed E-state index contributed by atoms with van der Waals surface area (Å²) in [6.07, 6.45) is -4.60. The lowest BCUT2D eigenvalue weighted by Crippen LogP contribution is -2.38. The molecule has 6 aromatic carbocycles. The molecule has 1 amide bonds. The number of esters is 1. The molecule has 10 rings (SSSR count). The van der Waals surface area contributed by atoms with E-state index in [2.05, 4.69) is 15.3 Å². The van der Waals surface area contributed by atoms with Gasteiger partial charge < -0.3 is 38.3 Å². The van der Waals surface area contributed by atoms with Crippen LogP contribution >= 0.6 is 19.4 Å². The summed E-state index contributed by atoms with van der Waals surface area (Å²) in [5, 5.41) is 3.00. The fourth-order valence-electron chi connectivity index (χ4n) is 9.65. The molecule has 7 atom stereocenters. The van der Waals surface area contributed by atoms with Gasteiger partial charge in [-0.25, -0.2) is 18.9 Å². The summed E-state index contributed by atoms with van der Waals surface area (Å²) in [5.41, 5.74) is -0.709. The van der Waals surface area contributed by atoms with Gasteiger partial charge in [0, 0.05) is 41.4 Å². The molecule has 2 fully saturated rings. The highest BCUT2D eigenvalue weighted by atomic mass is 35.5. The first-order valence-electron chi connectivity index (χ1n) is 25.9. The number of hydrogen-bond donors (Lipinski definition) is 2. The Kier molecular flexibility index (Phi) is 17.4. The van der Waals surface area contributed by atoms with Gasteiger partial charge in [-0.1, -0.05) is 103 Å². The Labute approximate surface area is 474 Å². The second-order valence-electron chi connectivity index (χ2n) is 19.1. The van der Waals surface area contributed by atoms with Crippen LogP contribution in [0.1, 0.15) is 68.3 Å². The van der Waals surface area contributed by atoms with Crippen molar-refractivity contribution in [1.82, 2.24) is 19.1 Å². The third-order valence-corrected chi connectivity index (χ3v) is 15.5. The number of amides is 1. The molecular formula is C60H55ClN5O15P. The molecule has 22 heteroatoms. The van der Waals surface area contributed by atoms with Crippen LogP contribution in [0.4, 0.5) is 5.82 Å². The SMILES string of the molecule is COc1ccc(C(OC[C@H]2O[C@@H](n3ccc(NC(=O)c4ccccc4)nc3=O)C[C@@H]2OP(=O)(OC[C@H]2O[C@@H](n3cc(C)c(=O)[nH]c3=O)C[C@@H]2OC(=O)c2ccccc2)Oc2ccc(Cl)cc2)(c2ccccc2)c2ccc(OC)cc2)cc1. The van der Waals surface area contributed by atoms with E-state index in [4.69, 9.17) is 53.6 Å². The number of nitrogens with one attached hydrogen (secondary N) is 2. The number of rotatable bonds is 21. The van der Waals surface area contributed by atoms with Crippen LogP contribution in [0.2, 0.25) is 5.02 Å². The Hall–Kier alpha value is -8.46. The van der Waals surface area contributed by atoms with Crippen LogP contribution in [0, 0.1) is 6.92 Å². The van der Waals surface area contributed by atoms with Gasteiger partial charge in [0.2, 0.25) is 0 Å². The summed E-state index contributed by atoms with van der Waals surface area (Å²) >= 11 is 6.28. The summed E-state index contributed by atoms with van der Waals surface area (Å²) in [5.74, 6) is -0.0237. The van der Waals surface area contributed by atoms with Gasteiger partial charge in [-0.05, 0) is 102 Å². The monoisotopic (exact) mass is 1150 g/mol. The number of carbonyl (C=O) groups excluding carboxylic acids is 2. The van der Waals surface area contributed by atoms with E-state index in [1.54, 1.807) is 74.9 Å². The number of benzene rings is 6. The topological polar surface area (TPSA) is 236 Å². The molecule has 20 nitrogen and oxygen atoms in total. The molecule has 2 saturated heterocycles. The first-order chi connectivity index (χ1) is 39.7. The predicted molar refractivity (Wildman–Crippen MR) is 300 cm³/mol. The Morgan fingerprint density at radius 3 is 1.82 bits per heavy atom. The van der Waals surface area contributed by atoms with E-state index >= 15 is 4.57 Å². The minimum absolute atomic E-state index is 0.0132. The number of carbonyl (C=O) groups is 2. The van der Waals surface area contributed by atoms with Gasteiger partial charge in [0.25, 0.3) is 11.5 Å². The van der Waals surface area contributed by atoms with E-state index in [-0.39, 0.29) is 42.1 Å². The average Bonchev–Trinajstić information content (AvgIpc) is 3.95.